The predicted octanol–water partition coefficient (Wildman–Crippen LogP) is 0.315. The van der Waals surface area contributed by atoms with E-state index in [0.29, 0.717) is 5.82 Å². The number of aromatic nitrogens is 6. The standard InChI is InChI=1S/C8H5N6/c1-2-13-14-7(1)9-5-10-8(14)6-3-11-12-4-6/h1-3,5H,(H,11,12). The summed E-state index contributed by atoms with van der Waals surface area (Å²) in [7, 11) is 0. The molecule has 3 rings (SSSR count). The molecule has 1 radical (unpaired) electrons. The number of fused-ring (bicyclic) bond motifs is 1. The minimum Gasteiger partial charge on any atom is -0.284 e. The number of rotatable bonds is 1. The average molecular weight is 185 g/mol. The van der Waals surface area contributed by atoms with Crippen LogP contribution in [-0.2, 0) is 0 Å². The fourth-order valence-electron chi connectivity index (χ4n) is 1.27. The molecule has 0 aliphatic rings. The molecule has 1 N–H and O–H groups in total. The molecular formula is C8H5N6. The second kappa shape index (κ2) is 2.63. The molecule has 0 bridgehead atoms. The van der Waals surface area contributed by atoms with Gasteiger partial charge in [0.2, 0.25) is 0 Å². The van der Waals surface area contributed by atoms with Crippen LogP contribution < -0.4 is 0 Å². The van der Waals surface area contributed by atoms with Crippen molar-refractivity contribution in [3.05, 3.63) is 31.0 Å². The lowest BCUT2D eigenvalue weighted by atomic mass is 10.3. The van der Waals surface area contributed by atoms with Crippen LogP contribution in [0.4, 0.5) is 0 Å². The van der Waals surface area contributed by atoms with Crippen LogP contribution in [0.15, 0.2) is 24.8 Å². The summed E-state index contributed by atoms with van der Waals surface area (Å²) in [5.41, 5.74) is 1.52. The van der Waals surface area contributed by atoms with Gasteiger partial charge in [0.25, 0.3) is 0 Å². The molecule has 14 heavy (non-hydrogen) atoms. The van der Waals surface area contributed by atoms with Crippen molar-refractivity contribution in [3.63, 3.8) is 0 Å². The van der Waals surface area contributed by atoms with Gasteiger partial charge in [-0.15, -0.1) is 0 Å². The first-order chi connectivity index (χ1) is 6.95. The zero-order valence-corrected chi connectivity index (χ0v) is 7.05. The topological polar surface area (TPSA) is 71.8 Å². The third-order valence-electron chi connectivity index (χ3n) is 1.88. The zero-order valence-electron chi connectivity index (χ0n) is 7.05. The Hall–Kier alpha value is -2.24. The molecule has 6 nitrogen and oxygen atoms in total. The second-order valence-electron chi connectivity index (χ2n) is 2.71. The van der Waals surface area contributed by atoms with Crippen LogP contribution in [0.25, 0.3) is 17.0 Å². The van der Waals surface area contributed by atoms with Crippen LogP contribution in [0.1, 0.15) is 0 Å². The van der Waals surface area contributed by atoms with Gasteiger partial charge in [-0.25, -0.2) is 9.97 Å². The molecule has 0 spiro atoms. The van der Waals surface area contributed by atoms with Gasteiger partial charge >= 0.3 is 0 Å². The van der Waals surface area contributed by atoms with Gasteiger partial charge < -0.3 is 0 Å². The molecule has 0 aliphatic carbocycles. The monoisotopic (exact) mass is 185 g/mol. The minimum absolute atomic E-state index is 0.675. The largest absolute Gasteiger partial charge is 0.284 e. The zero-order chi connectivity index (χ0) is 9.38. The van der Waals surface area contributed by atoms with Gasteiger partial charge in [0.1, 0.15) is 12.5 Å². The van der Waals surface area contributed by atoms with Crippen LogP contribution in [0.5, 0.6) is 0 Å². The number of H-pyrrole nitrogens is 1. The average Bonchev–Trinajstić information content (AvgIpc) is 2.88. The Kier molecular flexibility index (Phi) is 1.35. The molecule has 67 valence electrons. The fraction of sp³-hybridized carbons (Fsp3) is 0. The lowest BCUT2D eigenvalue weighted by molar-refractivity contribution is 0.903. The highest BCUT2D eigenvalue weighted by atomic mass is 15.3. The Balaban J connectivity index is 2.36. The highest BCUT2D eigenvalue weighted by Gasteiger charge is 2.06. The summed E-state index contributed by atoms with van der Waals surface area (Å²) in [4.78, 5) is 8.18. The number of hydrogen-bond donors (Lipinski definition) is 1. The van der Waals surface area contributed by atoms with E-state index in [2.05, 4.69) is 31.5 Å². The van der Waals surface area contributed by atoms with Crippen molar-refractivity contribution in [1.29, 1.82) is 0 Å². The van der Waals surface area contributed by atoms with E-state index in [-0.39, 0.29) is 0 Å². The van der Waals surface area contributed by atoms with E-state index in [1.54, 1.807) is 16.9 Å². The third kappa shape index (κ3) is 0.905. The Morgan fingerprint density at radius 1 is 1.36 bits per heavy atom. The van der Waals surface area contributed by atoms with Gasteiger partial charge in [-0.1, -0.05) is 0 Å². The molecule has 6 heteroatoms. The van der Waals surface area contributed by atoms with Crippen molar-refractivity contribution in [2.45, 2.75) is 0 Å². The van der Waals surface area contributed by atoms with Crippen LogP contribution in [0, 0.1) is 6.20 Å². The number of hydrogen-bond acceptors (Lipinski definition) is 4. The van der Waals surface area contributed by atoms with E-state index in [1.165, 1.54) is 6.33 Å². The molecule has 3 heterocycles. The summed E-state index contributed by atoms with van der Waals surface area (Å²) in [5, 5.41) is 10.5. The number of nitrogens with zero attached hydrogens (tertiary/aromatic N) is 5. The molecule has 0 amide bonds. The summed E-state index contributed by atoms with van der Waals surface area (Å²) < 4.78 is 1.64. The van der Waals surface area contributed by atoms with Crippen LogP contribution >= 0.6 is 0 Å². The summed E-state index contributed by atoms with van der Waals surface area (Å²) in [6, 6.07) is 1.81. The van der Waals surface area contributed by atoms with E-state index >= 15 is 0 Å². The normalized spacial score (nSPS) is 10.9. The van der Waals surface area contributed by atoms with Gasteiger partial charge in [0, 0.05) is 12.3 Å². The molecule has 0 saturated carbocycles. The maximum atomic E-state index is 4.12. The Bertz CT molecular complexity index is 552. The molecule has 3 aromatic heterocycles. The first-order valence-corrected chi connectivity index (χ1v) is 4.02. The summed E-state index contributed by atoms with van der Waals surface area (Å²) in [6.45, 7) is 0. The van der Waals surface area contributed by atoms with Crippen molar-refractivity contribution in [3.8, 4) is 11.4 Å². The maximum Gasteiger partial charge on any atom is 0.168 e. The van der Waals surface area contributed by atoms with E-state index in [0.717, 1.165) is 11.2 Å². The number of aromatic amines is 1. The van der Waals surface area contributed by atoms with Gasteiger partial charge in [-0.05, 0) is 0 Å². The van der Waals surface area contributed by atoms with Crippen LogP contribution in [0.2, 0.25) is 0 Å². The lowest BCUT2D eigenvalue weighted by Crippen LogP contribution is -1.97. The van der Waals surface area contributed by atoms with Crippen molar-refractivity contribution in [2.24, 2.45) is 0 Å². The third-order valence-corrected chi connectivity index (χ3v) is 1.88. The van der Waals surface area contributed by atoms with Crippen LogP contribution in [-0.4, -0.2) is 29.8 Å². The molecule has 0 aliphatic heterocycles. The smallest absolute Gasteiger partial charge is 0.168 e. The van der Waals surface area contributed by atoms with Gasteiger partial charge in [-0.2, -0.15) is 14.7 Å². The SMILES string of the molecule is [c]1n[nH]cc1-c1ncnc2ccnn12. The van der Waals surface area contributed by atoms with E-state index in [1.807, 2.05) is 6.07 Å². The molecule has 0 fully saturated rings. The first-order valence-electron chi connectivity index (χ1n) is 4.02. The quantitative estimate of drug-likeness (QED) is 0.592. The van der Waals surface area contributed by atoms with Crippen molar-refractivity contribution in [1.82, 2.24) is 29.8 Å². The van der Waals surface area contributed by atoms with Gasteiger partial charge in [0.15, 0.2) is 11.5 Å². The van der Waals surface area contributed by atoms with E-state index in [9.17, 15) is 0 Å². The second-order valence-corrected chi connectivity index (χ2v) is 2.71. The molecular weight excluding hydrogens is 180 g/mol. The highest BCUT2D eigenvalue weighted by molar-refractivity contribution is 5.55. The molecule has 3 aromatic rings. The van der Waals surface area contributed by atoms with Crippen LogP contribution in [0.3, 0.4) is 0 Å². The maximum absolute atomic E-state index is 4.12. The summed E-state index contributed by atoms with van der Waals surface area (Å²) in [5.74, 6) is 0.675. The molecule has 0 aromatic carbocycles. The Labute approximate surface area is 78.6 Å². The van der Waals surface area contributed by atoms with Gasteiger partial charge in [-0.3, -0.25) is 5.10 Å². The predicted molar refractivity (Wildman–Crippen MR) is 47.2 cm³/mol. The Morgan fingerprint density at radius 3 is 3.21 bits per heavy atom. The lowest BCUT2D eigenvalue weighted by Gasteiger charge is -1.97. The molecule has 0 saturated heterocycles. The minimum atomic E-state index is 0.675. The highest BCUT2D eigenvalue weighted by Crippen LogP contribution is 2.13. The Morgan fingerprint density at radius 2 is 2.36 bits per heavy atom. The molecule has 0 atom stereocenters. The van der Waals surface area contributed by atoms with Crippen molar-refractivity contribution >= 4 is 5.65 Å². The van der Waals surface area contributed by atoms with Crippen molar-refractivity contribution in [2.75, 3.05) is 0 Å². The molecule has 0 unspecified atom stereocenters. The number of nitrogens with one attached hydrogen (secondary N) is 1. The van der Waals surface area contributed by atoms with E-state index < -0.39 is 0 Å². The summed E-state index contributed by atoms with van der Waals surface area (Å²) in [6.07, 6.45) is 7.66. The van der Waals surface area contributed by atoms with E-state index in [4.69, 9.17) is 0 Å². The fourth-order valence-corrected chi connectivity index (χ4v) is 1.27. The first kappa shape index (κ1) is 7.19. The summed E-state index contributed by atoms with van der Waals surface area (Å²) >= 11 is 0. The van der Waals surface area contributed by atoms with Crippen molar-refractivity contribution < 1.29 is 0 Å². The van der Waals surface area contributed by atoms with Gasteiger partial charge in [0.05, 0.1) is 11.8 Å².